The molecule has 2 aromatic heterocycles. The second kappa shape index (κ2) is 6.84. The molecule has 25 heavy (non-hydrogen) atoms. The van der Waals surface area contributed by atoms with Gasteiger partial charge >= 0.3 is 0 Å². The number of benzene rings is 1. The third kappa shape index (κ3) is 3.74. The molecule has 0 aliphatic heterocycles. The molecule has 0 aliphatic rings. The van der Waals surface area contributed by atoms with Crippen LogP contribution in [-0.4, -0.2) is 20.4 Å². The maximum Gasteiger partial charge on any atom is 0.256 e. The molecule has 0 aliphatic carbocycles. The van der Waals surface area contributed by atoms with Crippen molar-refractivity contribution in [2.24, 2.45) is 0 Å². The first-order valence-electron chi connectivity index (χ1n) is 8.04. The first-order valence-corrected chi connectivity index (χ1v) is 8.04. The molecule has 0 saturated carbocycles. The Balaban J connectivity index is 1.83. The number of amides is 1. The summed E-state index contributed by atoms with van der Waals surface area (Å²) in [6.07, 6.45) is 3.49. The lowest BCUT2D eigenvalue weighted by Gasteiger charge is -2.10. The van der Waals surface area contributed by atoms with Gasteiger partial charge < -0.3 is 9.88 Å². The third-order valence-corrected chi connectivity index (χ3v) is 3.72. The first kappa shape index (κ1) is 16.8. The molecule has 0 bridgehead atoms. The van der Waals surface area contributed by atoms with E-state index in [1.807, 2.05) is 32.9 Å². The van der Waals surface area contributed by atoms with Gasteiger partial charge in [-0.15, -0.1) is 0 Å². The predicted molar refractivity (Wildman–Crippen MR) is 94.5 cm³/mol. The molecule has 1 N–H and O–H groups in total. The van der Waals surface area contributed by atoms with E-state index in [0.29, 0.717) is 17.3 Å². The number of rotatable bonds is 4. The van der Waals surface area contributed by atoms with Crippen molar-refractivity contribution >= 4 is 11.7 Å². The van der Waals surface area contributed by atoms with Crippen LogP contribution in [0.5, 0.6) is 0 Å². The maximum atomic E-state index is 14.3. The smallest absolute Gasteiger partial charge is 0.256 e. The summed E-state index contributed by atoms with van der Waals surface area (Å²) in [5.74, 6) is 0.339. The van der Waals surface area contributed by atoms with Gasteiger partial charge in [0.05, 0.1) is 5.69 Å². The fourth-order valence-corrected chi connectivity index (χ4v) is 2.45. The highest BCUT2D eigenvalue weighted by molar-refractivity contribution is 6.03. The van der Waals surface area contributed by atoms with Crippen molar-refractivity contribution in [3.05, 3.63) is 71.7 Å². The van der Waals surface area contributed by atoms with Crippen molar-refractivity contribution < 1.29 is 9.18 Å². The molecule has 0 radical (unpaired) electrons. The summed E-state index contributed by atoms with van der Waals surface area (Å²) in [7, 11) is 0. The van der Waals surface area contributed by atoms with Crippen LogP contribution >= 0.6 is 0 Å². The van der Waals surface area contributed by atoms with Crippen LogP contribution in [0.2, 0.25) is 0 Å². The molecular weight excluding hydrogens is 319 g/mol. The van der Waals surface area contributed by atoms with Crippen molar-refractivity contribution in [3.8, 4) is 5.69 Å². The zero-order valence-corrected chi connectivity index (χ0v) is 14.3. The monoisotopic (exact) mass is 338 g/mol. The van der Waals surface area contributed by atoms with E-state index in [2.05, 4.69) is 15.3 Å². The molecule has 6 heteroatoms. The van der Waals surface area contributed by atoms with Crippen LogP contribution in [0.4, 0.5) is 10.2 Å². The molecule has 5 nitrogen and oxygen atoms in total. The van der Waals surface area contributed by atoms with Gasteiger partial charge in [0, 0.05) is 35.6 Å². The largest absolute Gasteiger partial charge is 0.321 e. The highest BCUT2D eigenvalue weighted by atomic mass is 19.1. The van der Waals surface area contributed by atoms with Crippen LogP contribution in [-0.2, 0) is 0 Å². The molecule has 3 aromatic rings. The van der Waals surface area contributed by atoms with E-state index in [-0.39, 0.29) is 11.5 Å². The molecule has 0 unspecified atom stereocenters. The number of nitrogens with one attached hydrogen (secondary N) is 1. The fourth-order valence-electron chi connectivity index (χ4n) is 2.45. The Kier molecular flexibility index (Phi) is 4.61. The Bertz CT molecular complexity index is 904. The average Bonchev–Trinajstić information content (AvgIpc) is 3.08. The van der Waals surface area contributed by atoms with E-state index in [1.54, 1.807) is 35.2 Å². The van der Waals surface area contributed by atoms with Gasteiger partial charge in [-0.1, -0.05) is 13.8 Å². The highest BCUT2D eigenvalue weighted by Gasteiger charge is 2.13. The summed E-state index contributed by atoms with van der Waals surface area (Å²) < 4.78 is 16.0. The van der Waals surface area contributed by atoms with Gasteiger partial charge in [0.15, 0.2) is 0 Å². The van der Waals surface area contributed by atoms with Gasteiger partial charge in [-0.25, -0.2) is 14.4 Å². The predicted octanol–water partition coefficient (Wildman–Crippen LogP) is 4.09. The SMILES string of the molecule is Cc1cc(NC(=O)c2ccc(-n3cccc3)c(F)c2)nc(C(C)C)n1. The van der Waals surface area contributed by atoms with Crippen LogP contribution < -0.4 is 5.32 Å². The molecule has 0 spiro atoms. The molecule has 1 aromatic carbocycles. The Morgan fingerprint density at radius 3 is 2.52 bits per heavy atom. The molecule has 0 atom stereocenters. The molecule has 3 rings (SSSR count). The fraction of sp³-hybridized carbons (Fsp3) is 0.211. The number of nitrogens with zero attached hydrogens (tertiary/aromatic N) is 3. The summed E-state index contributed by atoms with van der Waals surface area (Å²) in [6.45, 7) is 5.81. The van der Waals surface area contributed by atoms with Crippen molar-refractivity contribution in [1.29, 1.82) is 0 Å². The van der Waals surface area contributed by atoms with E-state index in [1.165, 1.54) is 6.07 Å². The first-order chi connectivity index (χ1) is 11.9. The average molecular weight is 338 g/mol. The zero-order chi connectivity index (χ0) is 18.0. The number of hydrogen-bond donors (Lipinski definition) is 1. The molecule has 128 valence electrons. The van der Waals surface area contributed by atoms with Crippen molar-refractivity contribution in [1.82, 2.24) is 14.5 Å². The standard InChI is InChI=1S/C19H19FN4O/c1-12(2)18-21-13(3)10-17(22-18)23-19(25)14-6-7-16(15(20)11-14)24-8-4-5-9-24/h4-12H,1-3H3,(H,21,22,23,25). The molecular formula is C19H19FN4O. The lowest BCUT2D eigenvalue weighted by molar-refractivity contribution is 0.102. The summed E-state index contributed by atoms with van der Waals surface area (Å²) in [4.78, 5) is 21.1. The van der Waals surface area contributed by atoms with Gasteiger partial charge in [-0.3, -0.25) is 4.79 Å². The van der Waals surface area contributed by atoms with Gasteiger partial charge in [0.25, 0.3) is 5.91 Å². The summed E-state index contributed by atoms with van der Waals surface area (Å²) >= 11 is 0. The van der Waals surface area contributed by atoms with Crippen LogP contribution in [0.15, 0.2) is 48.8 Å². The Morgan fingerprint density at radius 1 is 1.16 bits per heavy atom. The molecule has 0 saturated heterocycles. The number of aromatic nitrogens is 3. The number of carbonyl (C=O) groups is 1. The number of aryl methyl sites for hydroxylation is 1. The molecule has 0 fully saturated rings. The Labute approximate surface area is 145 Å². The summed E-state index contributed by atoms with van der Waals surface area (Å²) in [5.41, 5.74) is 1.39. The normalized spacial score (nSPS) is 10.9. The summed E-state index contributed by atoms with van der Waals surface area (Å²) in [6, 6.07) is 9.70. The van der Waals surface area contributed by atoms with Gasteiger partial charge in [-0.05, 0) is 37.3 Å². The van der Waals surface area contributed by atoms with E-state index < -0.39 is 11.7 Å². The maximum absolute atomic E-state index is 14.3. The van der Waals surface area contributed by atoms with E-state index in [0.717, 1.165) is 5.69 Å². The van der Waals surface area contributed by atoms with Gasteiger partial charge in [0.2, 0.25) is 0 Å². The third-order valence-electron chi connectivity index (χ3n) is 3.72. The van der Waals surface area contributed by atoms with E-state index in [9.17, 15) is 9.18 Å². The Morgan fingerprint density at radius 2 is 1.88 bits per heavy atom. The quantitative estimate of drug-likeness (QED) is 0.779. The second-order valence-electron chi connectivity index (χ2n) is 6.12. The number of hydrogen-bond acceptors (Lipinski definition) is 3. The van der Waals surface area contributed by atoms with Gasteiger partial charge in [-0.2, -0.15) is 0 Å². The van der Waals surface area contributed by atoms with Crippen molar-refractivity contribution in [2.75, 3.05) is 5.32 Å². The van der Waals surface area contributed by atoms with Crippen LogP contribution in [0.1, 0.15) is 41.6 Å². The highest BCUT2D eigenvalue weighted by Crippen LogP contribution is 2.18. The number of carbonyl (C=O) groups excluding carboxylic acids is 1. The lowest BCUT2D eigenvalue weighted by atomic mass is 10.1. The second-order valence-corrected chi connectivity index (χ2v) is 6.12. The number of halogens is 1. The zero-order valence-electron chi connectivity index (χ0n) is 14.3. The van der Waals surface area contributed by atoms with Gasteiger partial charge in [0.1, 0.15) is 17.5 Å². The van der Waals surface area contributed by atoms with Crippen LogP contribution in [0, 0.1) is 12.7 Å². The van der Waals surface area contributed by atoms with E-state index >= 15 is 0 Å². The number of anilines is 1. The van der Waals surface area contributed by atoms with Crippen molar-refractivity contribution in [3.63, 3.8) is 0 Å². The minimum Gasteiger partial charge on any atom is -0.321 e. The Hall–Kier alpha value is -3.02. The molecule has 2 heterocycles. The topological polar surface area (TPSA) is 59.8 Å². The minimum absolute atomic E-state index is 0.147. The lowest BCUT2D eigenvalue weighted by Crippen LogP contribution is -2.15. The van der Waals surface area contributed by atoms with Crippen molar-refractivity contribution in [2.45, 2.75) is 26.7 Å². The van der Waals surface area contributed by atoms with E-state index in [4.69, 9.17) is 0 Å². The van der Waals surface area contributed by atoms with Crippen LogP contribution in [0.3, 0.4) is 0 Å². The van der Waals surface area contributed by atoms with Crippen LogP contribution in [0.25, 0.3) is 5.69 Å². The minimum atomic E-state index is -0.467. The molecule has 1 amide bonds. The summed E-state index contributed by atoms with van der Waals surface area (Å²) in [5, 5.41) is 2.71.